The van der Waals surface area contributed by atoms with Crippen molar-refractivity contribution in [1.82, 2.24) is 15.0 Å². The minimum absolute atomic E-state index is 0.343. The fourth-order valence-corrected chi connectivity index (χ4v) is 1.62. The summed E-state index contributed by atoms with van der Waals surface area (Å²) < 4.78 is 39.1. The second kappa shape index (κ2) is 4.82. The van der Waals surface area contributed by atoms with Crippen LogP contribution in [0.25, 0.3) is 0 Å². The Morgan fingerprint density at radius 2 is 1.88 bits per heavy atom. The minimum Gasteiger partial charge on any atom is -0.390 e. The highest BCUT2D eigenvalue weighted by Gasteiger charge is 2.40. The molecule has 0 amide bonds. The summed E-state index contributed by atoms with van der Waals surface area (Å²) in [5.41, 5.74) is -1.36. The van der Waals surface area contributed by atoms with Crippen LogP contribution in [0.4, 0.5) is 13.2 Å². The Balaban J connectivity index is 3.24. The number of aliphatic hydroxyl groups is 1. The van der Waals surface area contributed by atoms with Crippen molar-refractivity contribution in [3.63, 3.8) is 0 Å². The lowest BCUT2D eigenvalue weighted by Crippen LogP contribution is -2.20. The summed E-state index contributed by atoms with van der Waals surface area (Å²) >= 11 is 0. The third-order valence-corrected chi connectivity index (χ3v) is 2.47. The summed E-state index contributed by atoms with van der Waals surface area (Å²) in [6.45, 7) is 2.82. The third-order valence-electron chi connectivity index (χ3n) is 2.47. The van der Waals surface area contributed by atoms with Gasteiger partial charge in [0.25, 0.3) is 0 Å². The van der Waals surface area contributed by atoms with Crippen molar-refractivity contribution in [1.29, 1.82) is 0 Å². The van der Waals surface area contributed by atoms with Gasteiger partial charge in [0.2, 0.25) is 0 Å². The molecule has 92 valence electrons. The summed E-state index contributed by atoms with van der Waals surface area (Å²) in [6, 6.07) is -0.343. The van der Waals surface area contributed by atoms with Crippen molar-refractivity contribution in [2.75, 3.05) is 0 Å². The number of alkyl halides is 3. The molecule has 0 aliphatic rings. The van der Waals surface area contributed by atoms with Crippen LogP contribution in [0.5, 0.6) is 0 Å². The van der Waals surface area contributed by atoms with E-state index in [9.17, 15) is 13.2 Å². The zero-order valence-electron chi connectivity index (χ0n) is 9.12. The number of hydrogen-bond acceptors (Lipinski definition) is 3. The first-order valence-electron chi connectivity index (χ1n) is 5.07. The molecule has 0 aliphatic carbocycles. The number of aliphatic hydroxyl groups excluding tert-OH is 1. The molecule has 0 unspecified atom stereocenters. The molecule has 0 atom stereocenters. The lowest BCUT2D eigenvalue weighted by Gasteiger charge is -2.17. The Bertz CT molecular complexity index is 344. The predicted octanol–water partition coefficient (Wildman–Crippen LogP) is 2.15. The topological polar surface area (TPSA) is 50.9 Å². The number of rotatable bonds is 4. The highest BCUT2D eigenvalue weighted by molar-refractivity contribution is 5.13. The lowest BCUT2D eigenvalue weighted by atomic mass is 10.1. The summed E-state index contributed by atoms with van der Waals surface area (Å²) in [5.74, 6) is 0. The van der Waals surface area contributed by atoms with Crippen LogP contribution in [-0.4, -0.2) is 20.1 Å². The standard InChI is InChI=1S/C9H14F3N3O/c1-3-6(4-2)15-8(9(10,11)12)7(5-16)13-14-15/h6,16H,3-5H2,1-2H3. The van der Waals surface area contributed by atoms with Gasteiger partial charge in [0.1, 0.15) is 5.69 Å². The molecule has 0 bridgehead atoms. The number of nitrogens with zero attached hydrogens (tertiary/aromatic N) is 3. The summed E-state index contributed by atoms with van der Waals surface area (Å²) in [5, 5.41) is 15.6. The third kappa shape index (κ3) is 2.34. The Morgan fingerprint density at radius 3 is 2.25 bits per heavy atom. The van der Waals surface area contributed by atoms with Gasteiger partial charge in [-0.05, 0) is 12.8 Å². The molecular formula is C9H14F3N3O. The maximum absolute atomic E-state index is 12.8. The van der Waals surface area contributed by atoms with Gasteiger partial charge in [-0.25, -0.2) is 4.68 Å². The van der Waals surface area contributed by atoms with Gasteiger partial charge in [-0.1, -0.05) is 19.1 Å². The molecule has 7 heteroatoms. The molecule has 1 aromatic heterocycles. The van der Waals surface area contributed by atoms with Crippen LogP contribution >= 0.6 is 0 Å². The van der Waals surface area contributed by atoms with Crippen LogP contribution in [-0.2, 0) is 12.8 Å². The highest BCUT2D eigenvalue weighted by atomic mass is 19.4. The van der Waals surface area contributed by atoms with E-state index < -0.39 is 24.2 Å². The van der Waals surface area contributed by atoms with E-state index in [1.54, 1.807) is 13.8 Å². The molecule has 1 aromatic rings. The Labute approximate surface area is 91.1 Å². The second-order valence-electron chi connectivity index (χ2n) is 3.46. The Morgan fingerprint density at radius 1 is 1.31 bits per heavy atom. The van der Waals surface area contributed by atoms with Gasteiger partial charge >= 0.3 is 6.18 Å². The number of aromatic nitrogens is 3. The first-order valence-corrected chi connectivity index (χ1v) is 5.07. The first kappa shape index (κ1) is 13.0. The van der Waals surface area contributed by atoms with Crippen LogP contribution in [0.2, 0.25) is 0 Å². The van der Waals surface area contributed by atoms with Crippen molar-refractivity contribution in [2.24, 2.45) is 0 Å². The fourth-order valence-electron chi connectivity index (χ4n) is 1.62. The summed E-state index contributed by atoms with van der Waals surface area (Å²) in [7, 11) is 0. The highest BCUT2D eigenvalue weighted by Crippen LogP contribution is 2.33. The van der Waals surface area contributed by atoms with Gasteiger partial charge < -0.3 is 5.11 Å². The van der Waals surface area contributed by atoms with Crippen molar-refractivity contribution in [3.05, 3.63) is 11.4 Å². The monoisotopic (exact) mass is 237 g/mol. The molecule has 1 rings (SSSR count). The van der Waals surface area contributed by atoms with E-state index >= 15 is 0 Å². The van der Waals surface area contributed by atoms with Gasteiger partial charge in [-0.2, -0.15) is 13.2 Å². The van der Waals surface area contributed by atoms with E-state index in [0.29, 0.717) is 12.8 Å². The van der Waals surface area contributed by atoms with E-state index in [1.807, 2.05) is 0 Å². The van der Waals surface area contributed by atoms with Crippen molar-refractivity contribution >= 4 is 0 Å². The molecule has 0 aromatic carbocycles. The molecule has 0 saturated heterocycles. The van der Waals surface area contributed by atoms with E-state index in [0.717, 1.165) is 4.68 Å². The van der Waals surface area contributed by atoms with Crippen LogP contribution in [0.15, 0.2) is 0 Å². The molecule has 1 N–H and O–H groups in total. The number of hydrogen-bond donors (Lipinski definition) is 1. The van der Waals surface area contributed by atoms with E-state index in [1.165, 1.54) is 0 Å². The first-order chi connectivity index (χ1) is 7.45. The second-order valence-corrected chi connectivity index (χ2v) is 3.46. The normalized spacial score (nSPS) is 12.4. The Hall–Kier alpha value is -1.11. The molecule has 16 heavy (non-hydrogen) atoms. The van der Waals surface area contributed by atoms with Gasteiger partial charge in [-0.3, -0.25) is 0 Å². The SMILES string of the molecule is CCC(CC)n1nnc(CO)c1C(F)(F)F. The maximum Gasteiger partial charge on any atom is 0.435 e. The molecule has 0 aliphatic heterocycles. The van der Waals surface area contributed by atoms with Gasteiger partial charge in [-0.15, -0.1) is 5.10 Å². The molecule has 0 fully saturated rings. The predicted molar refractivity (Wildman–Crippen MR) is 50.6 cm³/mol. The van der Waals surface area contributed by atoms with Crippen LogP contribution in [0.1, 0.15) is 44.1 Å². The van der Waals surface area contributed by atoms with Crippen LogP contribution in [0, 0.1) is 0 Å². The zero-order valence-corrected chi connectivity index (χ0v) is 9.12. The van der Waals surface area contributed by atoms with Gasteiger partial charge in [0, 0.05) is 0 Å². The van der Waals surface area contributed by atoms with Gasteiger partial charge in [0.15, 0.2) is 5.69 Å². The van der Waals surface area contributed by atoms with E-state index in [-0.39, 0.29) is 6.04 Å². The van der Waals surface area contributed by atoms with Crippen molar-refractivity contribution < 1.29 is 18.3 Å². The molecule has 0 radical (unpaired) electrons. The van der Waals surface area contributed by atoms with Crippen molar-refractivity contribution in [3.8, 4) is 0 Å². The van der Waals surface area contributed by atoms with E-state index in [4.69, 9.17) is 5.11 Å². The Kier molecular flexibility index (Phi) is 3.90. The molecule has 1 heterocycles. The molecular weight excluding hydrogens is 223 g/mol. The average Bonchev–Trinajstić information content (AvgIpc) is 2.63. The van der Waals surface area contributed by atoms with E-state index in [2.05, 4.69) is 10.3 Å². The maximum atomic E-state index is 12.8. The van der Waals surface area contributed by atoms with Crippen LogP contribution < -0.4 is 0 Å². The van der Waals surface area contributed by atoms with Gasteiger partial charge in [0.05, 0.1) is 12.6 Å². The lowest BCUT2D eigenvalue weighted by molar-refractivity contribution is -0.146. The molecule has 0 spiro atoms. The smallest absolute Gasteiger partial charge is 0.390 e. The largest absolute Gasteiger partial charge is 0.435 e. The average molecular weight is 237 g/mol. The van der Waals surface area contributed by atoms with Crippen LogP contribution in [0.3, 0.4) is 0 Å². The molecule has 4 nitrogen and oxygen atoms in total. The minimum atomic E-state index is -4.54. The summed E-state index contributed by atoms with van der Waals surface area (Å²) in [4.78, 5) is 0. The fraction of sp³-hybridized carbons (Fsp3) is 0.778. The zero-order chi connectivity index (χ0) is 12.3. The number of halogens is 3. The quantitative estimate of drug-likeness (QED) is 0.872. The van der Waals surface area contributed by atoms with Crippen molar-refractivity contribution in [2.45, 2.75) is 45.5 Å². The molecule has 0 saturated carbocycles. The summed E-state index contributed by atoms with van der Waals surface area (Å²) in [6.07, 6.45) is -3.47.